The van der Waals surface area contributed by atoms with Crippen LogP contribution in [-0.4, -0.2) is 36.8 Å². The van der Waals surface area contributed by atoms with E-state index in [0.29, 0.717) is 12.5 Å². The van der Waals surface area contributed by atoms with Crippen LogP contribution >= 0.6 is 0 Å². The van der Waals surface area contributed by atoms with Crippen LogP contribution in [0, 0.1) is 5.92 Å². The average molecular weight is 279 g/mol. The monoisotopic (exact) mass is 279 g/mol. The van der Waals surface area contributed by atoms with E-state index < -0.39 is 0 Å². The lowest BCUT2D eigenvalue weighted by atomic mass is 10.1. The molecule has 20 heavy (non-hydrogen) atoms. The maximum Gasteiger partial charge on any atom is 0.191 e. The van der Waals surface area contributed by atoms with Crippen LogP contribution in [0.25, 0.3) is 0 Å². The van der Waals surface area contributed by atoms with Gasteiger partial charge >= 0.3 is 0 Å². The van der Waals surface area contributed by atoms with Gasteiger partial charge in [0.25, 0.3) is 0 Å². The number of furan rings is 1. The predicted molar refractivity (Wildman–Crippen MR) is 79.7 cm³/mol. The smallest absolute Gasteiger partial charge is 0.191 e. The summed E-state index contributed by atoms with van der Waals surface area (Å²) < 4.78 is 5.30. The van der Waals surface area contributed by atoms with Crippen LogP contribution in [0.5, 0.6) is 0 Å². The van der Waals surface area contributed by atoms with Gasteiger partial charge in [0.2, 0.25) is 0 Å². The molecule has 1 heterocycles. The predicted octanol–water partition coefficient (Wildman–Crippen LogP) is 1.54. The molecule has 0 amide bonds. The molecule has 3 N–H and O–H groups in total. The molecule has 1 saturated carbocycles. The van der Waals surface area contributed by atoms with Gasteiger partial charge in [-0.15, -0.1) is 0 Å². The summed E-state index contributed by atoms with van der Waals surface area (Å²) in [6, 6.07) is 3.87. The first kappa shape index (κ1) is 14.9. The van der Waals surface area contributed by atoms with Gasteiger partial charge in [-0.3, -0.25) is 4.99 Å². The molecule has 0 aromatic carbocycles. The van der Waals surface area contributed by atoms with Gasteiger partial charge in [0.15, 0.2) is 5.96 Å². The largest absolute Gasteiger partial charge is 0.469 e. The van der Waals surface area contributed by atoms with Crippen molar-refractivity contribution < 1.29 is 9.52 Å². The van der Waals surface area contributed by atoms with E-state index in [4.69, 9.17) is 4.42 Å². The number of nitrogens with one attached hydrogen (secondary N) is 2. The van der Waals surface area contributed by atoms with E-state index >= 15 is 0 Å². The topological polar surface area (TPSA) is 69.8 Å². The number of guanidine groups is 1. The van der Waals surface area contributed by atoms with Gasteiger partial charge in [-0.2, -0.15) is 0 Å². The van der Waals surface area contributed by atoms with E-state index in [1.54, 1.807) is 6.26 Å². The number of hydrogen-bond acceptors (Lipinski definition) is 3. The molecule has 1 fully saturated rings. The van der Waals surface area contributed by atoms with Crippen molar-refractivity contribution in [1.82, 2.24) is 10.6 Å². The first-order valence-electron chi connectivity index (χ1n) is 7.52. The zero-order valence-electron chi connectivity index (χ0n) is 12.1. The van der Waals surface area contributed by atoms with Crippen LogP contribution in [-0.2, 0) is 6.42 Å². The summed E-state index contributed by atoms with van der Waals surface area (Å²) in [7, 11) is 0. The van der Waals surface area contributed by atoms with Crippen LogP contribution in [0.2, 0.25) is 0 Å². The maximum atomic E-state index is 9.81. The van der Waals surface area contributed by atoms with E-state index in [2.05, 4.69) is 15.6 Å². The third-order valence-corrected chi connectivity index (χ3v) is 3.69. The molecule has 1 aromatic rings. The molecule has 0 bridgehead atoms. The molecule has 0 spiro atoms. The molecule has 1 aliphatic carbocycles. The number of aliphatic hydroxyl groups is 1. The zero-order valence-corrected chi connectivity index (χ0v) is 12.1. The highest BCUT2D eigenvalue weighted by Gasteiger charge is 2.24. The summed E-state index contributed by atoms with van der Waals surface area (Å²) in [5.41, 5.74) is 0. The van der Waals surface area contributed by atoms with Gasteiger partial charge in [-0.05, 0) is 31.9 Å². The summed E-state index contributed by atoms with van der Waals surface area (Å²) in [6.07, 6.45) is 5.47. The zero-order chi connectivity index (χ0) is 14.2. The molecule has 0 radical (unpaired) electrons. The van der Waals surface area contributed by atoms with Crippen LogP contribution in [0.15, 0.2) is 27.8 Å². The number of aliphatic hydroxyl groups excluding tert-OH is 1. The summed E-state index contributed by atoms with van der Waals surface area (Å²) in [4.78, 5) is 4.57. The van der Waals surface area contributed by atoms with E-state index in [9.17, 15) is 5.11 Å². The van der Waals surface area contributed by atoms with Crippen LogP contribution < -0.4 is 10.6 Å². The van der Waals surface area contributed by atoms with Crippen LogP contribution in [0.3, 0.4) is 0 Å². The maximum absolute atomic E-state index is 9.81. The quantitative estimate of drug-likeness (QED) is 0.546. The Labute approximate surface area is 120 Å². The second-order valence-corrected chi connectivity index (χ2v) is 5.23. The molecule has 2 rings (SSSR count). The number of hydrogen-bond donors (Lipinski definition) is 3. The summed E-state index contributed by atoms with van der Waals surface area (Å²) >= 11 is 0. The molecule has 0 aliphatic heterocycles. The second-order valence-electron chi connectivity index (χ2n) is 5.23. The normalized spacial score (nSPS) is 23.0. The fraction of sp³-hybridized carbons (Fsp3) is 0.667. The van der Waals surface area contributed by atoms with Crippen molar-refractivity contribution in [3.05, 3.63) is 24.2 Å². The number of nitrogens with zero attached hydrogens (tertiary/aromatic N) is 1. The molecular formula is C15H25N3O2. The van der Waals surface area contributed by atoms with Crippen molar-refractivity contribution in [2.24, 2.45) is 10.9 Å². The number of rotatable bonds is 6. The average Bonchev–Trinajstić information content (AvgIpc) is 3.08. The van der Waals surface area contributed by atoms with Gasteiger partial charge < -0.3 is 20.2 Å². The molecule has 112 valence electrons. The van der Waals surface area contributed by atoms with Crippen LogP contribution in [0.1, 0.15) is 31.9 Å². The van der Waals surface area contributed by atoms with E-state index in [1.807, 2.05) is 19.1 Å². The highest BCUT2D eigenvalue weighted by Crippen LogP contribution is 2.25. The van der Waals surface area contributed by atoms with Gasteiger partial charge in [-0.25, -0.2) is 0 Å². The Kier molecular flexibility index (Phi) is 5.92. The Hall–Kier alpha value is -1.49. The van der Waals surface area contributed by atoms with Crippen LogP contribution in [0.4, 0.5) is 0 Å². The van der Waals surface area contributed by atoms with Crippen molar-refractivity contribution in [2.75, 3.05) is 19.6 Å². The minimum absolute atomic E-state index is 0.176. The molecule has 0 saturated heterocycles. The summed E-state index contributed by atoms with van der Waals surface area (Å²) in [5, 5.41) is 16.3. The SMILES string of the molecule is CCNC(=NCC1CCCC1O)NCCc1ccco1. The highest BCUT2D eigenvalue weighted by molar-refractivity contribution is 5.79. The fourth-order valence-electron chi connectivity index (χ4n) is 2.54. The van der Waals surface area contributed by atoms with Gasteiger partial charge in [-0.1, -0.05) is 6.42 Å². The number of aliphatic imine (C=N–C) groups is 1. The minimum Gasteiger partial charge on any atom is -0.469 e. The van der Waals surface area contributed by atoms with Gasteiger partial charge in [0.1, 0.15) is 5.76 Å². The Morgan fingerprint density at radius 2 is 2.35 bits per heavy atom. The first-order valence-corrected chi connectivity index (χ1v) is 7.52. The van der Waals surface area contributed by atoms with Crippen molar-refractivity contribution in [3.63, 3.8) is 0 Å². The Morgan fingerprint density at radius 1 is 1.45 bits per heavy atom. The van der Waals surface area contributed by atoms with Crippen molar-refractivity contribution >= 4 is 5.96 Å². The second kappa shape index (κ2) is 7.94. The van der Waals surface area contributed by atoms with Crippen molar-refractivity contribution in [1.29, 1.82) is 0 Å². The molecular weight excluding hydrogens is 254 g/mol. The minimum atomic E-state index is -0.176. The molecule has 1 aliphatic rings. The summed E-state index contributed by atoms with van der Waals surface area (Å²) in [5.74, 6) is 2.10. The highest BCUT2D eigenvalue weighted by atomic mass is 16.3. The third-order valence-electron chi connectivity index (χ3n) is 3.69. The molecule has 5 heteroatoms. The Balaban J connectivity index is 1.76. The molecule has 2 atom stereocenters. The first-order chi connectivity index (χ1) is 9.79. The fourth-order valence-corrected chi connectivity index (χ4v) is 2.54. The van der Waals surface area contributed by atoms with E-state index in [0.717, 1.165) is 50.5 Å². The molecule has 5 nitrogen and oxygen atoms in total. The van der Waals surface area contributed by atoms with E-state index in [-0.39, 0.29) is 6.10 Å². The lowest BCUT2D eigenvalue weighted by Crippen LogP contribution is -2.38. The van der Waals surface area contributed by atoms with Crippen molar-refractivity contribution in [2.45, 2.75) is 38.7 Å². The Morgan fingerprint density at radius 3 is 3.00 bits per heavy atom. The van der Waals surface area contributed by atoms with Crippen molar-refractivity contribution in [3.8, 4) is 0 Å². The third kappa shape index (κ3) is 4.56. The lowest BCUT2D eigenvalue weighted by molar-refractivity contribution is 0.136. The van der Waals surface area contributed by atoms with Gasteiger partial charge in [0.05, 0.1) is 12.4 Å². The van der Waals surface area contributed by atoms with Gasteiger partial charge in [0, 0.05) is 32.0 Å². The Bertz CT molecular complexity index is 403. The molecule has 1 aromatic heterocycles. The standard InChI is InChI=1S/C15H25N3O2/c1-2-16-15(17-9-8-13-6-4-10-20-13)18-11-12-5-3-7-14(12)19/h4,6,10,12,14,19H,2-3,5,7-9,11H2,1H3,(H2,16,17,18). The molecule has 2 unspecified atom stereocenters. The van der Waals surface area contributed by atoms with E-state index in [1.165, 1.54) is 0 Å². The lowest BCUT2D eigenvalue weighted by Gasteiger charge is -2.14. The summed E-state index contributed by atoms with van der Waals surface area (Å²) in [6.45, 7) is 4.36.